The van der Waals surface area contributed by atoms with Gasteiger partial charge in [0.1, 0.15) is 11.2 Å². The number of fused-ring (bicyclic) bond motifs is 1. The van der Waals surface area contributed by atoms with Gasteiger partial charge >= 0.3 is 0 Å². The second-order valence-corrected chi connectivity index (χ2v) is 8.29. The fraction of sp³-hybridized carbons (Fsp3) is 0.115. The molecule has 0 aliphatic carbocycles. The van der Waals surface area contributed by atoms with E-state index in [9.17, 15) is 14.9 Å². The number of H-pyrrole nitrogens is 1. The number of benzene rings is 3. The van der Waals surface area contributed by atoms with Crippen molar-refractivity contribution in [2.45, 2.75) is 19.3 Å². The zero-order valence-corrected chi connectivity index (χ0v) is 18.8. The lowest BCUT2D eigenvalue weighted by molar-refractivity contribution is -0.384. The van der Waals surface area contributed by atoms with Gasteiger partial charge < -0.3 is 10.2 Å². The van der Waals surface area contributed by atoms with Gasteiger partial charge in [-0.2, -0.15) is 5.10 Å². The summed E-state index contributed by atoms with van der Waals surface area (Å²) in [6.07, 6.45) is 2.12. The van der Waals surface area contributed by atoms with E-state index in [1.807, 2.05) is 49.4 Å². The Morgan fingerprint density at radius 3 is 2.51 bits per heavy atom. The van der Waals surface area contributed by atoms with Crippen molar-refractivity contribution in [3.8, 4) is 22.7 Å². The summed E-state index contributed by atoms with van der Waals surface area (Å²) in [7, 11) is 0. The molecule has 2 aromatic heterocycles. The number of para-hydroxylation sites is 1. The number of hydrogen-bond donors (Lipinski definition) is 2. The van der Waals surface area contributed by atoms with Crippen molar-refractivity contribution in [1.82, 2.24) is 15.2 Å². The first kappa shape index (κ1) is 22.0. The quantitative estimate of drug-likeness (QED) is 0.257. The van der Waals surface area contributed by atoms with Crippen LogP contribution >= 0.6 is 0 Å². The lowest BCUT2D eigenvalue weighted by Gasteiger charge is -2.14. The summed E-state index contributed by atoms with van der Waals surface area (Å²) in [5, 5.41) is 18.2. The standard InChI is InChI=1S/C26H21N5O4/c1-15-3-2-4-22-23(15)29-26(35-22)21-14-28-30-24(21)18-7-5-16(6-8-18)13-20(25(27)32)17-9-11-19(12-10-17)31(33)34/h2-12,14,20H,13H2,1H3,(H2,27,32)(H,28,30). The Hall–Kier alpha value is -4.79. The summed E-state index contributed by atoms with van der Waals surface area (Å²) in [5.41, 5.74) is 12.0. The molecule has 0 saturated carbocycles. The smallest absolute Gasteiger partial charge is 0.269 e. The van der Waals surface area contributed by atoms with Gasteiger partial charge in [0.15, 0.2) is 5.58 Å². The third-order valence-corrected chi connectivity index (χ3v) is 6.01. The molecule has 1 atom stereocenters. The minimum Gasteiger partial charge on any atom is -0.436 e. The second-order valence-electron chi connectivity index (χ2n) is 8.29. The SMILES string of the molecule is Cc1cccc2oc(-c3c[nH]nc3-c3ccc(CC(C(N)=O)c4ccc([N+](=O)[O-])cc4)cc3)nc12. The molecule has 3 aromatic carbocycles. The van der Waals surface area contributed by atoms with Gasteiger partial charge in [-0.1, -0.05) is 48.5 Å². The Kier molecular flexibility index (Phi) is 5.58. The van der Waals surface area contributed by atoms with Crippen molar-refractivity contribution in [2.24, 2.45) is 5.73 Å². The minimum absolute atomic E-state index is 0.0368. The number of carbonyl (C=O) groups excluding carboxylic acids is 1. The van der Waals surface area contributed by atoms with Crippen LogP contribution in [0.1, 0.15) is 22.6 Å². The monoisotopic (exact) mass is 467 g/mol. The first-order valence-corrected chi connectivity index (χ1v) is 10.9. The average molecular weight is 467 g/mol. The maximum atomic E-state index is 12.1. The molecule has 174 valence electrons. The van der Waals surface area contributed by atoms with Gasteiger partial charge in [0.25, 0.3) is 5.69 Å². The molecule has 1 amide bonds. The Labute approximate surface area is 199 Å². The van der Waals surface area contributed by atoms with Crippen molar-refractivity contribution in [1.29, 1.82) is 0 Å². The number of carbonyl (C=O) groups is 1. The van der Waals surface area contributed by atoms with Crippen LogP contribution in [0, 0.1) is 17.0 Å². The van der Waals surface area contributed by atoms with Crippen LogP contribution in [0.15, 0.2) is 77.3 Å². The lowest BCUT2D eigenvalue weighted by Crippen LogP contribution is -2.23. The first-order valence-electron chi connectivity index (χ1n) is 10.9. The summed E-state index contributed by atoms with van der Waals surface area (Å²) < 4.78 is 5.97. The van der Waals surface area contributed by atoms with E-state index in [-0.39, 0.29) is 5.69 Å². The van der Waals surface area contributed by atoms with E-state index >= 15 is 0 Å². The Morgan fingerprint density at radius 2 is 1.86 bits per heavy atom. The number of nitrogens with zero attached hydrogens (tertiary/aromatic N) is 3. The van der Waals surface area contributed by atoms with Gasteiger partial charge in [0, 0.05) is 23.9 Å². The molecule has 0 saturated heterocycles. The number of nitrogens with two attached hydrogens (primary N) is 1. The third kappa shape index (κ3) is 4.26. The zero-order valence-electron chi connectivity index (χ0n) is 18.8. The normalized spacial score (nSPS) is 12.0. The summed E-state index contributed by atoms with van der Waals surface area (Å²) in [6, 6.07) is 19.3. The van der Waals surface area contributed by atoms with Crippen LogP contribution in [-0.2, 0) is 11.2 Å². The molecular formula is C26H21N5O4. The number of aryl methyl sites for hydroxylation is 1. The number of primary amides is 1. The van der Waals surface area contributed by atoms with Gasteiger partial charge in [-0.05, 0) is 36.1 Å². The van der Waals surface area contributed by atoms with E-state index in [4.69, 9.17) is 10.2 Å². The Balaban J connectivity index is 1.40. The van der Waals surface area contributed by atoms with Crippen molar-refractivity contribution in [3.05, 3.63) is 99.7 Å². The molecule has 0 bridgehead atoms. The Bertz CT molecular complexity index is 1530. The highest BCUT2D eigenvalue weighted by Gasteiger charge is 2.21. The van der Waals surface area contributed by atoms with Crippen molar-refractivity contribution < 1.29 is 14.1 Å². The maximum Gasteiger partial charge on any atom is 0.269 e. The zero-order chi connectivity index (χ0) is 24.5. The summed E-state index contributed by atoms with van der Waals surface area (Å²) in [4.78, 5) is 27.2. The van der Waals surface area contributed by atoms with E-state index in [2.05, 4.69) is 15.2 Å². The Morgan fingerprint density at radius 1 is 1.11 bits per heavy atom. The molecule has 0 radical (unpaired) electrons. The van der Waals surface area contributed by atoms with Gasteiger partial charge in [-0.25, -0.2) is 4.98 Å². The number of amides is 1. The average Bonchev–Trinajstić information content (AvgIpc) is 3.51. The maximum absolute atomic E-state index is 12.1. The molecule has 5 aromatic rings. The number of rotatable bonds is 7. The van der Waals surface area contributed by atoms with E-state index in [0.717, 1.165) is 27.8 Å². The molecular weight excluding hydrogens is 446 g/mol. The van der Waals surface area contributed by atoms with Gasteiger partial charge in [-0.3, -0.25) is 20.0 Å². The number of non-ortho nitro benzene ring substituents is 1. The molecule has 0 fully saturated rings. The minimum atomic E-state index is -0.606. The molecule has 2 heterocycles. The summed E-state index contributed by atoms with van der Waals surface area (Å²) >= 11 is 0. The van der Waals surface area contributed by atoms with Gasteiger partial charge in [0.05, 0.1) is 16.4 Å². The molecule has 0 aliphatic heterocycles. The summed E-state index contributed by atoms with van der Waals surface area (Å²) in [5.74, 6) is -0.622. The predicted octanol–water partition coefficient (Wildman–Crippen LogP) is 4.91. The molecule has 35 heavy (non-hydrogen) atoms. The molecule has 0 aliphatic rings. The largest absolute Gasteiger partial charge is 0.436 e. The van der Waals surface area contributed by atoms with Crippen LogP contribution in [0.4, 0.5) is 5.69 Å². The topological polar surface area (TPSA) is 141 Å². The number of nitro groups is 1. The van der Waals surface area contributed by atoms with Gasteiger partial charge in [-0.15, -0.1) is 0 Å². The molecule has 9 heteroatoms. The van der Waals surface area contributed by atoms with Crippen LogP contribution in [0.25, 0.3) is 33.8 Å². The van der Waals surface area contributed by atoms with Crippen LogP contribution in [0.5, 0.6) is 0 Å². The van der Waals surface area contributed by atoms with E-state index < -0.39 is 16.7 Å². The highest BCUT2D eigenvalue weighted by atomic mass is 16.6. The molecule has 5 rings (SSSR count). The molecule has 9 nitrogen and oxygen atoms in total. The van der Waals surface area contributed by atoms with Crippen molar-refractivity contribution in [3.63, 3.8) is 0 Å². The number of aromatic nitrogens is 3. The highest BCUT2D eigenvalue weighted by Crippen LogP contribution is 2.33. The number of oxazole rings is 1. The highest BCUT2D eigenvalue weighted by molar-refractivity contribution is 5.84. The first-order chi connectivity index (χ1) is 16.9. The van der Waals surface area contributed by atoms with Crippen molar-refractivity contribution in [2.75, 3.05) is 0 Å². The van der Waals surface area contributed by atoms with E-state index in [1.165, 1.54) is 12.1 Å². The summed E-state index contributed by atoms with van der Waals surface area (Å²) in [6.45, 7) is 1.99. The molecule has 3 N–H and O–H groups in total. The number of nitrogens with one attached hydrogen (secondary N) is 1. The van der Waals surface area contributed by atoms with Crippen LogP contribution < -0.4 is 5.73 Å². The molecule has 1 unspecified atom stereocenters. The second kappa shape index (κ2) is 8.86. The van der Waals surface area contributed by atoms with E-state index in [1.54, 1.807) is 18.3 Å². The van der Waals surface area contributed by atoms with Gasteiger partial charge in [0.2, 0.25) is 11.8 Å². The van der Waals surface area contributed by atoms with Crippen LogP contribution in [0.3, 0.4) is 0 Å². The number of nitro benzene ring substituents is 1. The third-order valence-electron chi connectivity index (χ3n) is 6.01. The molecule has 0 spiro atoms. The van der Waals surface area contributed by atoms with Crippen LogP contribution in [0.2, 0.25) is 0 Å². The van der Waals surface area contributed by atoms with Crippen molar-refractivity contribution >= 4 is 22.7 Å². The van der Waals surface area contributed by atoms with E-state index in [0.29, 0.717) is 29.2 Å². The fourth-order valence-electron chi connectivity index (χ4n) is 4.12. The number of hydrogen-bond acceptors (Lipinski definition) is 6. The lowest BCUT2D eigenvalue weighted by atomic mass is 9.90. The fourth-order valence-corrected chi connectivity index (χ4v) is 4.12. The predicted molar refractivity (Wildman–Crippen MR) is 130 cm³/mol. The number of aromatic amines is 1. The van der Waals surface area contributed by atoms with Crippen LogP contribution in [-0.4, -0.2) is 26.0 Å².